The number of aliphatic hydroxyl groups is 2. The van der Waals surface area contributed by atoms with Gasteiger partial charge >= 0.3 is 0 Å². The number of benzene rings is 2. The number of hydrogen-bond donors (Lipinski definition) is 5. The molecule has 44 heavy (non-hydrogen) atoms. The van der Waals surface area contributed by atoms with Crippen LogP contribution in [0.5, 0.6) is 5.75 Å². The van der Waals surface area contributed by atoms with Gasteiger partial charge < -0.3 is 36.5 Å². The number of aromatic nitrogens is 1. The van der Waals surface area contributed by atoms with Gasteiger partial charge in [-0.1, -0.05) is 13.8 Å². The van der Waals surface area contributed by atoms with E-state index in [-0.39, 0.29) is 53.4 Å². The van der Waals surface area contributed by atoms with Gasteiger partial charge in [0.1, 0.15) is 22.9 Å². The zero-order valence-electron chi connectivity index (χ0n) is 26.2. The molecule has 0 aliphatic carbocycles. The molecule has 0 bridgehead atoms. The number of carbonyl (C=O) groups excluding carboxylic acids is 1. The summed E-state index contributed by atoms with van der Waals surface area (Å²) in [6, 6.07) is 9.53. The molecule has 1 aromatic heterocycles. The monoisotopic (exact) mass is 612 g/mol. The minimum atomic E-state index is -1.63. The number of ether oxygens (including phenoxy) is 2. The number of hydrogen-bond acceptors (Lipinski definition) is 8. The van der Waals surface area contributed by atoms with Gasteiger partial charge in [-0.25, -0.2) is 13.8 Å². The van der Waals surface area contributed by atoms with Crippen LogP contribution in [-0.4, -0.2) is 47.0 Å². The Morgan fingerprint density at radius 2 is 1.84 bits per heavy atom. The van der Waals surface area contributed by atoms with E-state index in [9.17, 15) is 19.4 Å². The number of nitrogen functional groups attached to an aromatic ring is 1. The van der Waals surface area contributed by atoms with Gasteiger partial charge in [0.05, 0.1) is 42.8 Å². The molecule has 1 amide bonds. The lowest BCUT2D eigenvalue weighted by Gasteiger charge is -2.31. The first-order valence-corrected chi connectivity index (χ1v) is 14.3. The zero-order chi connectivity index (χ0) is 33.0. The number of amides is 1. The Morgan fingerprint density at radius 3 is 2.36 bits per heavy atom. The topological polar surface area (TPSA) is 153 Å². The number of nitrogens with zero attached hydrogens (tertiary/aromatic N) is 1. The van der Waals surface area contributed by atoms with Gasteiger partial charge in [-0.15, -0.1) is 0 Å². The van der Waals surface area contributed by atoms with E-state index in [1.807, 2.05) is 13.8 Å². The minimum Gasteiger partial charge on any atom is -0.495 e. The van der Waals surface area contributed by atoms with Crippen molar-refractivity contribution in [2.24, 2.45) is 5.73 Å². The molecule has 0 saturated carbocycles. The third kappa shape index (κ3) is 7.53. The Hall–Kier alpha value is -4.06. The van der Waals surface area contributed by atoms with Crippen molar-refractivity contribution in [3.8, 4) is 17.0 Å². The van der Waals surface area contributed by atoms with Crippen molar-refractivity contribution in [2.45, 2.75) is 64.8 Å². The van der Waals surface area contributed by atoms with Gasteiger partial charge in [0.2, 0.25) is 0 Å². The molecule has 0 spiro atoms. The van der Waals surface area contributed by atoms with E-state index in [1.54, 1.807) is 26.0 Å². The van der Waals surface area contributed by atoms with Crippen LogP contribution in [0.1, 0.15) is 75.1 Å². The summed E-state index contributed by atoms with van der Waals surface area (Å²) in [6.07, 6.45) is 1.61. The number of methoxy groups -OCH3 is 1. The van der Waals surface area contributed by atoms with E-state index in [2.05, 4.69) is 10.3 Å². The molecule has 2 atom stereocenters. The fourth-order valence-electron chi connectivity index (χ4n) is 5.02. The second-order valence-corrected chi connectivity index (χ2v) is 11.5. The molecule has 1 saturated heterocycles. The quantitative estimate of drug-likeness (QED) is 0.223. The Bertz CT molecular complexity index is 1530. The highest BCUT2D eigenvalue weighted by molar-refractivity contribution is 5.96. The molecule has 0 radical (unpaired) electrons. The normalized spacial score (nSPS) is 20.1. The summed E-state index contributed by atoms with van der Waals surface area (Å²) in [7, 11) is 1.43. The first-order valence-electron chi connectivity index (χ1n) is 14.3. The van der Waals surface area contributed by atoms with Crippen molar-refractivity contribution < 1.29 is 33.3 Å². The maximum absolute atomic E-state index is 15.8. The van der Waals surface area contributed by atoms with Crippen molar-refractivity contribution in [3.63, 3.8) is 0 Å². The first kappa shape index (κ1) is 34.4. The van der Waals surface area contributed by atoms with Crippen LogP contribution >= 0.6 is 0 Å². The summed E-state index contributed by atoms with van der Waals surface area (Å²) in [5, 5.41) is 24.6. The van der Waals surface area contributed by atoms with Crippen LogP contribution in [0.25, 0.3) is 17.3 Å². The summed E-state index contributed by atoms with van der Waals surface area (Å²) in [4.78, 5) is 18.0. The third-order valence-electron chi connectivity index (χ3n) is 7.10. The highest BCUT2D eigenvalue weighted by Gasteiger charge is 2.49. The Labute approximate surface area is 256 Å². The molecule has 2 aromatic carbocycles. The third-order valence-corrected chi connectivity index (χ3v) is 7.10. The van der Waals surface area contributed by atoms with Crippen LogP contribution in [0, 0.1) is 11.6 Å². The number of anilines is 1. The summed E-state index contributed by atoms with van der Waals surface area (Å²) in [5.41, 5.74) is 9.39. The molecular formula is C33H42F2N4O5. The lowest BCUT2D eigenvalue weighted by atomic mass is 9.85. The predicted octanol–water partition coefficient (Wildman–Crippen LogP) is 4.99. The Morgan fingerprint density at radius 1 is 1.20 bits per heavy atom. The number of nitrogens with one attached hydrogen (secondary N) is 1. The molecule has 11 heteroatoms. The van der Waals surface area contributed by atoms with Crippen molar-refractivity contribution >= 4 is 17.7 Å². The standard InChI is InChI=1S/C31H36F2N4O5.C2H6/c1-17(34)10-19-11-20(12-23(41-5)26(19)35)28(38)36-15-31(14-30(4,40)16-42-31)24-13-22(29(2,3)39)25(33)27(37-24)18-6-8-21(32)9-7-18;1-2/h6-13,39-40H,14-16,34-35H2,1-5H3,(H,36,38);1-2H3/b17-10-;/t30-,31?;/m1./s1. The maximum Gasteiger partial charge on any atom is 0.251 e. The molecular weight excluding hydrogens is 570 g/mol. The highest BCUT2D eigenvalue weighted by atomic mass is 19.1. The average molecular weight is 613 g/mol. The van der Waals surface area contributed by atoms with Crippen LogP contribution in [-0.2, 0) is 15.9 Å². The van der Waals surface area contributed by atoms with Crippen LogP contribution in [0.3, 0.4) is 0 Å². The van der Waals surface area contributed by atoms with Crippen LogP contribution < -0.4 is 21.5 Å². The van der Waals surface area contributed by atoms with Crippen LogP contribution in [0.4, 0.5) is 14.5 Å². The summed E-state index contributed by atoms with van der Waals surface area (Å²) >= 11 is 0. The molecule has 238 valence electrons. The first-order chi connectivity index (χ1) is 20.5. The average Bonchev–Trinajstić information content (AvgIpc) is 3.29. The molecule has 3 aromatic rings. The van der Waals surface area contributed by atoms with Gasteiger partial charge in [0.15, 0.2) is 5.82 Å². The summed E-state index contributed by atoms with van der Waals surface area (Å²) in [5.74, 6) is -1.52. The van der Waals surface area contributed by atoms with E-state index < -0.39 is 34.3 Å². The number of halogens is 2. The van der Waals surface area contributed by atoms with Gasteiger partial charge in [0, 0.05) is 34.4 Å². The van der Waals surface area contributed by atoms with Crippen molar-refractivity contribution in [1.82, 2.24) is 10.3 Å². The van der Waals surface area contributed by atoms with E-state index in [4.69, 9.17) is 20.9 Å². The van der Waals surface area contributed by atoms with E-state index >= 15 is 4.39 Å². The fourth-order valence-corrected chi connectivity index (χ4v) is 5.02. The minimum absolute atomic E-state index is 0.00151. The van der Waals surface area contributed by atoms with Crippen LogP contribution in [0.15, 0.2) is 48.2 Å². The highest BCUT2D eigenvalue weighted by Crippen LogP contribution is 2.43. The Balaban J connectivity index is 0.00000259. The number of nitrogens with two attached hydrogens (primary N) is 2. The molecule has 7 N–H and O–H groups in total. The van der Waals surface area contributed by atoms with E-state index in [0.717, 1.165) is 0 Å². The van der Waals surface area contributed by atoms with E-state index in [1.165, 1.54) is 57.4 Å². The van der Waals surface area contributed by atoms with E-state index in [0.29, 0.717) is 16.9 Å². The zero-order valence-corrected chi connectivity index (χ0v) is 26.2. The smallest absolute Gasteiger partial charge is 0.251 e. The number of carbonyl (C=O) groups is 1. The lowest BCUT2D eigenvalue weighted by Crippen LogP contribution is -2.42. The van der Waals surface area contributed by atoms with Crippen LogP contribution in [0.2, 0.25) is 0 Å². The SMILES string of the molecule is CC.COc1cc(C(=O)NCC2(c3cc(C(C)(C)O)c(F)c(-c4ccc(F)cc4)n3)C[C@@](C)(O)CO2)cc(/C=C(/C)N)c1N. The number of pyridine rings is 1. The molecule has 1 unspecified atom stereocenters. The summed E-state index contributed by atoms with van der Waals surface area (Å²) < 4.78 is 40.9. The maximum atomic E-state index is 15.8. The molecule has 4 rings (SSSR count). The summed E-state index contributed by atoms with van der Waals surface area (Å²) in [6.45, 7) is 9.86. The largest absolute Gasteiger partial charge is 0.495 e. The van der Waals surface area contributed by atoms with Crippen molar-refractivity contribution in [2.75, 3.05) is 26.0 Å². The molecule has 1 aliphatic rings. The molecule has 1 aliphatic heterocycles. The number of rotatable bonds is 8. The number of allylic oxidation sites excluding steroid dienone is 1. The second kappa shape index (κ2) is 13.3. The lowest BCUT2D eigenvalue weighted by molar-refractivity contribution is -0.0118. The van der Waals surface area contributed by atoms with Gasteiger partial charge in [-0.2, -0.15) is 0 Å². The predicted molar refractivity (Wildman–Crippen MR) is 167 cm³/mol. The second-order valence-electron chi connectivity index (χ2n) is 11.5. The molecule has 9 nitrogen and oxygen atoms in total. The van der Waals surface area contributed by atoms with Gasteiger partial charge in [0.25, 0.3) is 5.91 Å². The van der Waals surface area contributed by atoms with Gasteiger partial charge in [-0.3, -0.25) is 4.79 Å². The van der Waals surface area contributed by atoms with Crippen molar-refractivity contribution in [1.29, 1.82) is 0 Å². The molecule has 2 heterocycles. The Kier molecular flexibility index (Phi) is 10.4. The van der Waals surface area contributed by atoms with Crippen molar-refractivity contribution in [3.05, 3.63) is 82.2 Å². The fraction of sp³-hybridized carbons (Fsp3) is 0.394. The molecule has 1 fully saturated rings. The van der Waals surface area contributed by atoms with Gasteiger partial charge in [-0.05, 0) is 76.2 Å².